The largest absolute Gasteiger partial charge is 0.457 e. The molecule has 9 heteroatoms. The zero-order chi connectivity index (χ0) is 21.1. The fourth-order valence-electron chi connectivity index (χ4n) is 2.77. The number of aromatic nitrogens is 2. The third-order valence-electron chi connectivity index (χ3n) is 4.42. The van der Waals surface area contributed by atoms with Gasteiger partial charge in [0, 0.05) is 12.1 Å². The van der Waals surface area contributed by atoms with Gasteiger partial charge in [0.1, 0.15) is 17.5 Å². The number of aryl methyl sites for hydroxylation is 1. The lowest BCUT2D eigenvalue weighted by Crippen LogP contribution is -2.25. The number of hydrogen-bond donors (Lipinski definition) is 1. The quantitative estimate of drug-likeness (QED) is 0.405. The van der Waals surface area contributed by atoms with Crippen LogP contribution in [0.2, 0.25) is 0 Å². The second-order valence-electron chi connectivity index (χ2n) is 6.53. The molecule has 8 nitrogen and oxygen atoms in total. The molecular formula is C20H19BrN4O4. The van der Waals surface area contributed by atoms with Gasteiger partial charge in [0.25, 0.3) is 5.69 Å². The molecule has 3 aromatic rings. The van der Waals surface area contributed by atoms with Crippen molar-refractivity contribution in [1.29, 1.82) is 0 Å². The summed E-state index contributed by atoms with van der Waals surface area (Å²) in [6, 6.07) is 10.9. The predicted molar refractivity (Wildman–Crippen MR) is 112 cm³/mol. The first kappa shape index (κ1) is 20.5. The van der Waals surface area contributed by atoms with E-state index in [9.17, 15) is 14.9 Å². The van der Waals surface area contributed by atoms with Crippen LogP contribution in [0.5, 0.6) is 11.5 Å². The Morgan fingerprint density at radius 3 is 2.62 bits per heavy atom. The molecule has 0 saturated carbocycles. The topological polar surface area (TPSA) is 99.3 Å². The summed E-state index contributed by atoms with van der Waals surface area (Å²) in [6.45, 7) is 5.41. The van der Waals surface area contributed by atoms with Gasteiger partial charge in [-0.05, 0) is 48.3 Å². The molecule has 3 rings (SSSR count). The highest BCUT2D eigenvalue weighted by atomic mass is 79.9. The highest BCUT2D eigenvalue weighted by molar-refractivity contribution is 9.10. The van der Waals surface area contributed by atoms with Crippen molar-refractivity contribution in [3.8, 4) is 11.5 Å². The number of carbonyl (C=O) groups excluding carboxylic acids is 1. The molecule has 1 unspecified atom stereocenters. The summed E-state index contributed by atoms with van der Waals surface area (Å²) in [7, 11) is 0. The molecule has 0 radical (unpaired) electrons. The standard InChI is InChI=1S/C20H19BrN4O4/c1-12-6-4-5-7-19(12)29-17-9-15(8-16(10-17)25(27)28)23-20(26)14(3)24-13(2)18(21)11-22-24/h4-11,14H,1-3H3,(H,23,26). The van der Waals surface area contributed by atoms with E-state index in [2.05, 4.69) is 26.3 Å². The zero-order valence-corrected chi connectivity index (χ0v) is 17.6. The Hall–Kier alpha value is -3.20. The number of carbonyl (C=O) groups is 1. The number of hydrogen-bond acceptors (Lipinski definition) is 5. The number of nitrogens with one attached hydrogen (secondary N) is 1. The molecule has 0 bridgehead atoms. The summed E-state index contributed by atoms with van der Waals surface area (Å²) >= 11 is 3.37. The van der Waals surface area contributed by atoms with E-state index in [0.717, 1.165) is 15.7 Å². The van der Waals surface area contributed by atoms with E-state index in [0.29, 0.717) is 5.75 Å². The molecule has 0 aliphatic rings. The lowest BCUT2D eigenvalue weighted by Gasteiger charge is -2.15. The van der Waals surface area contributed by atoms with E-state index in [-0.39, 0.29) is 23.0 Å². The smallest absolute Gasteiger partial charge is 0.275 e. The van der Waals surface area contributed by atoms with Crippen LogP contribution in [0.1, 0.15) is 24.2 Å². The van der Waals surface area contributed by atoms with Crippen molar-refractivity contribution in [2.24, 2.45) is 0 Å². The van der Waals surface area contributed by atoms with Crippen LogP contribution in [0.15, 0.2) is 53.1 Å². The molecule has 0 saturated heterocycles. The van der Waals surface area contributed by atoms with Crippen molar-refractivity contribution >= 4 is 33.2 Å². The number of halogens is 1. The van der Waals surface area contributed by atoms with Gasteiger partial charge in [-0.2, -0.15) is 5.10 Å². The number of anilines is 1. The first-order chi connectivity index (χ1) is 13.8. The van der Waals surface area contributed by atoms with Crippen LogP contribution in [-0.2, 0) is 4.79 Å². The fraction of sp³-hybridized carbons (Fsp3) is 0.200. The molecule has 150 valence electrons. The van der Waals surface area contributed by atoms with Crippen molar-refractivity contribution in [2.45, 2.75) is 26.8 Å². The lowest BCUT2D eigenvalue weighted by molar-refractivity contribution is -0.384. The van der Waals surface area contributed by atoms with Crippen molar-refractivity contribution < 1.29 is 14.5 Å². The Kier molecular flexibility index (Phi) is 5.97. The summed E-state index contributed by atoms with van der Waals surface area (Å²) in [4.78, 5) is 23.5. The molecule has 0 aliphatic carbocycles. The number of ether oxygens (including phenoxy) is 1. The van der Waals surface area contributed by atoms with Crippen LogP contribution >= 0.6 is 15.9 Å². The van der Waals surface area contributed by atoms with Crippen LogP contribution in [0, 0.1) is 24.0 Å². The monoisotopic (exact) mass is 458 g/mol. The van der Waals surface area contributed by atoms with Gasteiger partial charge in [-0.1, -0.05) is 18.2 Å². The average molecular weight is 459 g/mol. The number of amides is 1. The average Bonchev–Trinajstić information content (AvgIpc) is 3.01. The minimum atomic E-state index is -0.610. The van der Waals surface area contributed by atoms with Crippen LogP contribution in [0.25, 0.3) is 0 Å². The van der Waals surface area contributed by atoms with Gasteiger partial charge in [0.2, 0.25) is 5.91 Å². The number of non-ortho nitro benzene ring substituents is 1. The third-order valence-corrected chi connectivity index (χ3v) is 5.20. The van der Waals surface area contributed by atoms with Gasteiger partial charge < -0.3 is 10.1 Å². The molecule has 29 heavy (non-hydrogen) atoms. The maximum atomic E-state index is 12.7. The Balaban J connectivity index is 1.87. The first-order valence-electron chi connectivity index (χ1n) is 8.79. The minimum absolute atomic E-state index is 0.183. The van der Waals surface area contributed by atoms with E-state index < -0.39 is 11.0 Å². The fourth-order valence-corrected chi connectivity index (χ4v) is 3.04. The minimum Gasteiger partial charge on any atom is -0.457 e. The predicted octanol–water partition coefficient (Wildman–Crippen LogP) is 5.16. The SMILES string of the molecule is Cc1ccccc1Oc1cc(NC(=O)C(C)n2ncc(Br)c2C)cc([N+](=O)[O-])c1. The summed E-state index contributed by atoms with van der Waals surface area (Å²) in [5, 5.41) is 18.2. The lowest BCUT2D eigenvalue weighted by atomic mass is 10.2. The molecule has 1 atom stereocenters. The van der Waals surface area contributed by atoms with Gasteiger partial charge in [-0.3, -0.25) is 19.6 Å². The van der Waals surface area contributed by atoms with Crippen molar-refractivity contribution in [2.75, 3.05) is 5.32 Å². The highest BCUT2D eigenvalue weighted by Gasteiger charge is 2.20. The van der Waals surface area contributed by atoms with Crippen molar-refractivity contribution in [3.05, 3.63) is 74.5 Å². The normalized spacial score (nSPS) is 11.7. The zero-order valence-electron chi connectivity index (χ0n) is 16.0. The Morgan fingerprint density at radius 2 is 2.00 bits per heavy atom. The Bertz CT molecular complexity index is 1080. The Morgan fingerprint density at radius 1 is 1.28 bits per heavy atom. The van der Waals surface area contributed by atoms with Crippen LogP contribution in [0.3, 0.4) is 0 Å². The summed E-state index contributed by atoms with van der Waals surface area (Å²) in [5.74, 6) is 0.483. The van der Waals surface area contributed by atoms with Crippen LogP contribution in [0.4, 0.5) is 11.4 Å². The van der Waals surface area contributed by atoms with Crippen molar-refractivity contribution in [1.82, 2.24) is 9.78 Å². The number of nitro benzene ring substituents is 1. The van der Waals surface area contributed by atoms with Gasteiger partial charge in [0.05, 0.1) is 33.0 Å². The Labute approximate surface area is 175 Å². The van der Waals surface area contributed by atoms with E-state index in [1.165, 1.54) is 12.1 Å². The molecule has 0 fully saturated rings. The molecule has 0 aliphatic heterocycles. The number of para-hydroxylation sites is 1. The molecule has 1 amide bonds. The number of rotatable bonds is 6. The molecular weight excluding hydrogens is 440 g/mol. The van der Waals surface area contributed by atoms with Crippen molar-refractivity contribution in [3.63, 3.8) is 0 Å². The second-order valence-corrected chi connectivity index (χ2v) is 7.38. The maximum absolute atomic E-state index is 12.7. The second kappa shape index (κ2) is 8.44. The van der Waals surface area contributed by atoms with E-state index >= 15 is 0 Å². The number of nitrogens with zero attached hydrogens (tertiary/aromatic N) is 3. The summed E-state index contributed by atoms with van der Waals surface area (Å²) in [5.41, 5.74) is 1.77. The van der Waals surface area contributed by atoms with E-state index in [1.807, 2.05) is 32.0 Å². The molecule has 0 spiro atoms. The number of nitro groups is 1. The first-order valence-corrected chi connectivity index (χ1v) is 9.59. The summed E-state index contributed by atoms with van der Waals surface area (Å²) in [6.07, 6.45) is 1.61. The van der Waals surface area contributed by atoms with Gasteiger partial charge in [-0.25, -0.2) is 0 Å². The third kappa shape index (κ3) is 4.62. The highest BCUT2D eigenvalue weighted by Crippen LogP contribution is 2.31. The van der Waals surface area contributed by atoms with Crippen LogP contribution < -0.4 is 10.1 Å². The maximum Gasteiger partial charge on any atom is 0.275 e. The molecule has 2 aromatic carbocycles. The summed E-state index contributed by atoms with van der Waals surface area (Å²) < 4.78 is 8.17. The molecule has 1 aromatic heterocycles. The van der Waals surface area contributed by atoms with Crippen LogP contribution in [-0.4, -0.2) is 20.6 Å². The van der Waals surface area contributed by atoms with E-state index in [4.69, 9.17) is 4.74 Å². The van der Waals surface area contributed by atoms with E-state index in [1.54, 1.807) is 29.9 Å². The molecule has 1 heterocycles. The van der Waals surface area contributed by atoms with Gasteiger partial charge in [0.15, 0.2) is 0 Å². The van der Waals surface area contributed by atoms with Gasteiger partial charge >= 0.3 is 0 Å². The number of benzene rings is 2. The molecule has 1 N–H and O–H groups in total. The van der Waals surface area contributed by atoms with Gasteiger partial charge in [-0.15, -0.1) is 0 Å².